The van der Waals surface area contributed by atoms with E-state index in [-0.39, 0.29) is 12.2 Å². The van der Waals surface area contributed by atoms with E-state index in [1.807, 2.05) is 6.92 Å². The van der Waals surface area contributed by atoms with Crippen LogP contribution in [0.3, 0.4) is 0 Å². The molecule has 0 spiro atoms. The number of phenols is 3. The molecular formula is C19H24O8. The molecule has 0 aliphatic heterocycles. The number of rotatable bonds is 7. The molecule has 0 saturated carbocycles. The maximum Gasteiger partial charge on any atom is 0.338 e. The van der Waals surface area contributed by atoms with Gasteiger partial charge in [-0.25, -0.2) is 4.79 Å². The van der Waals surface area contributed by atoms with Crippen molar-refractivity contribution in [3.8, 4) is 17.2 Å². The molecule has 0 amide bonds. The summed E-state index contributed by atoms with van der Waals surface area (Å²) >= 11 is 0. The van der Waals surface area contributed by atoms with Gasteiger partial charge >= 0.3 is 5.97 Å². The van der Waals surface area contributed by atoms with Gasteiger partial charge in [0.15, 0.2) is 22.8 Å². The van der Waals surface area contributed by atoms with Crippen LogP contribution in [-0.4, -0.2) is 58.9 Å². The van der Waals surface area contributed by atoms with Crippen molar-refractivity contribution < 1.29 is 39.4 Å². The number of hydrogen-bond donors (Lipinski definition) is 4. The summed E-state index contributed by atoms with van der Waals surface area (Å²) in [5, 5.41) is 39.2. The van der Waals surface area contributed by atoms with Crippen molar-refractivity contribution in [1.82, 2.24) is 0 Å². The van der Waals surface area contributed by atoms with Crippen LogP contribution >= 0.6 is 0 Å². The van der Waals surface area contributed by atoms with E-state index in [9.17, 15) is 25.2 Å². The average molecular weight is 380 g/mol. The zero-order valence-corrected chi connectivity index (χ0v) is 15.4. The number of benzene rings is 1. The number of carbonyl (C=O) groups excluding carboxylic acids is 1. The second kappa shape index (κ2) is 8.32. The fourth-order valence-electron chi connectivity index (χ4n) is 3.00. The van der Waals surface area contributed by atoms with Crippen molar-refractivity contribution in [1.29, 1.82) is 0 Å². The molecular weight excluding hydrogens is 356 g/mol. The molecule has 1 aromatic carbocycles. The van der Waals surface area contributed by atoms with Crippen molar-refractivity contribution in [2.75, 3.05) is 20.8 Å². The summed E-state index contributed by atoms with van der Waals surface area (Å²) in [7, 11) is 2.90. The number of ether oxygens (including phenoxy) is 3. The highest BCUT2D eigenvalue weighted by atomic mass is 16.5. The van der Waals surface area contributed by atoms with E-state index < -0.39 is 34.9 Å². The summed E-state index contributed by atoms with van der Waals surface area (Å²) in [6.45, 7) is 1.79. The molecule has 1 aliphatic rings. The molecule has 2 rings (SSSR count). The van der Waals surface area contributed by atoms with Gasteiger partial charge in [-0.15, -0.1) is 0 Å². The third-order valence-corrected chi connectivity index (χ3v) is 4.36. The second-order valence-electron chi connectivity index (χ2n) is 6.22. The molecule has 148 valence electrons. The molecule has 27 heavy (non-hydrogen) atoms. The van der Waals surface area contributed by atoms with Crippen LogP contribution < -0.4 is 0 Å². The zero-order chi connectivity index (χ0) is 20.2. The SMILES string of the molecule is CCCC1(O)C(OC)=CC(COC(=O)c2cc(O)c(O)c(O)c2)=CC1OC. The fourth-order valence-corrected chi connectivity index (χ4v) is 3.00. The van der Waals surface area contributed by atoms with E-state index in [2.05, 4.69) is 0 Å². The molecule has 8 heteroatoms. The van der Waals surface area contributed by atoms with Gasteiger partial charge in [-0.1, -0.05) is 13.3 Å². The Bertz CT molecular complexity index is 744. The Labute approximate surface area is 156 Å². The van der Waals surface area contributed by atoms with Crippen molar-refractivity contribution in [3.63, 3.8) is 0 Å². The Kier molecular flexibility index (Phi) is 6.35. The van der Waals surface area contributed by atoms with E-state index in [0.717, 1.165) is 12.1 Å². The Morgan fingerprint density at radius 2 is 1.81 bits per heavy atom. The number of hydrogen-bond acceptors (Lipinski definition) is 8. The van der Waals surface area contributed by atoms with Crippen LogP contribution in [-0.2, 0) is 14.2 Å². The summed E-state index contributed by atoms with van der Waals surface area (Å²) in [6.07, 6.45) is 3.71. The van der Waals surface area contributed by atoms with E-state index >= 15 is 0 Å². The minimum Gasteiger partial charge on any atom is -0.504 e. The standard InChI is InChI=1S/C19H24O8/c1-4-5-19(24)15(25-2)6-11(7-16(19)26-3)10-27-18(23)12-8-13(20)17(22)14(21)9-12/h6-9,15,20-22,24H,4-5,10H2,1-3H3. The van der Waals surface area contributed by atoms with Crippen molar-refractivity contribution in [2.24, 2.45) is 0 Å². The Balaban J connectivity index is 2.16. The smallest absolute Gasteiger partial charge is 0.338 e. The Hall–Kier alpha value is -2.71. The largest absolute Gasteiger partial charge is 0.504 e. The van der Waals surface area contributed by atoms with E-state index in [0.29, 0.717) is 24.2 Å². The average Bonchev–Trinajstić information content (AvgIpc) is 2.64. The van der Waals surface area contributed by atoms with Crippen LogP contribution in [0, 0.1) is 0 Å². The highest BCUT2D eigenvalue weighted by molar-refractivity contribution is 5.91. The monoisotopic (exact) mass is 380 g/mol. The van der Waals surface area contributed by atoms with Gasteiger partial charge in [-0.3, -0.25) is 0 Å². The van der Waals surface area contributed by atoms with Crippen LogP contribution in [0.2, 0.25) is 0 Å². The minimum atomic E-state index is -1.31. The fraction of sp³-hybridized carbons (Fsp3) is 0.421. The van der Waals surface area contributed by atoms with Crippen molar-refractivity contribution >= 4 is 5.97 Å². The molecule has 0 aromatic heterocycles. The Morgan fingerprint density at radius 1 is 1.19 bits per heavy atom. The molecule has 1 aromatic rings. The maximum absolute atomic E-state index is 12.1. The van der Waals surface area contributed by atoms with Gasteiger partial charge in [0.05, 0.1) is 12.7 Å². The first-order valence-electron chi connectivity index (χ1n) is 8.40. The topological polar surface area (TPSA) is 126 Å². The lowest BCUT2D eigenvalue weighted by Gasteiger charge is -2.37. The number of methoxy groups -OCH3 is 2. The van der Waals surface area contributed by atoms with Crippen LogP contribution in [0.25, 0.3) is 0 Å². The van der Waals surface area contributed by atoms with Gasteiger partial charge in [-0.2, -0.15) is 0 Å². The second-order valence-corrected chi connectivity index (χ2v) is 6.22. The van der Waals surface area contributed by atoms with Gasteiger partial charge in [0.25, 0.3) is 0 Å². The molecule has 0 heterocycles. The highest BCUT2D eigenvalue weighted by Crippen LogP contribution is 2.36. The third kappa shape index (κ3) is 4.17. The first-order chi connectivity index (χ1) is 12.8. The molecule has 2 atom stereocenters. The lowest BCUT2D eigenvalue weighted by atomic mass is 9.83. The lowest BCUT2D eigenvalue weighted by molar-refractivity contribution is -0.0804. The summed E-state index contributed by atoms with van der Waals surface area (Å²) in [5.41, 5.74) is -0.874. The van der Waals surface area contributed by atoms with Gasteiger partial charge < -0.3 is 34.6 Å². The van der Waals surface area contributed by atoms with E-state index in [1.165, 1.54) is 14.2 Å². The van der Waals surface area contributed by atoms with Crippen LogP contribution in [0.1, 0.15) is 30.1 Å². The first kappa shape index (κ1) is 20.6. The number of aliphatic hydroxyl groups is 1. The number of aromatic hydroxyl groups is 3. The van der Waals surface area contributed by atoms with E-state index in [4.69, 9.17) is 14.2 Å². The van der Waals surface area contributed by atoms with Gasteiger partial charge in [-0.05, 0) is 36.3 Å². The third-order valence-electron chi connectivity index (χ3n) is 4.36. The molecule has 1 aliphatic carbocycles. The molecule has 0 saturated heterocycles. The summed E-state index contributed by atoms with van der Waals surface area (Å²) in [4.78, 5) is 12.1. The summed E-state index contributed by atoms with van der Waals surface area (Å²) < 4.78 is 15.9. The number of esters is 1. The number of phenolic OH excluding ortho intramolecular Hbond substituents is 3. The van der Waals surface area contributed by atoms with Gasteiger partial charge in [0, 0.05) is 7.11 Å². The summed E-state index contributed by atoms with van der Waals surface area (Å²) in [5.74, 6) is -2.48. The highest BCUT2D eigenvalue weighted by Gasteiger charge is 2.42. The molecule has 4 N–H and O–H groups in total. The quantitative estimate of drug-likeness (QED) is 0.418. The van der Waals surface area contributed by atoms with Crippen molar-refractivity contribution in [3.05, 3.63) is 41.2 Å². The van der Waals surface area contributed by atoms with Crippen LogP contribution in [0.15, 0.2) is 35.6 Å². The minimum absolute atomic E-state index is 0.124. The zero-order valence-electron chi connectivity index (χ0n) is 15.4. The van der Waals surface area contributed by atoms with Crippen molar-refractivity contribution in [2.45, 2.75) is 31.5 Å². The lowest BCUT2D eigenvalue weighted by Crippen LogP contribution is -2.46. The van der Waals surface area contributed by atoms with Crippen LogP contribution in [0.5, 0.6) is 17.2 Å². The maximum atomic E-state index is 12.1. The van der Waals surface area contributed by atoms with Crippen LogP contribution in [0.4, 0.5) is 0 Å². The predicted octanol–water partition coefficient (Wildman–Crippen LogP) is 1.98. The Morgan fingerprint density at radius 3 is 2.33 bits per heavy atom. The predicted molar refractivity (Wildman–Crippen MR) is 95.5 cm³/mol. The first-order valence-corrected chi connectivity index (χ1v) is 8.40. The summed E-state index contributed by atoms with van der Waals surface area (Å²) in [6, 6.07) is 1.97. The molecule has 8 nitrogen and oxygen atoms in total. The van der Waals surface area contributed by atoms with E-state index in [1.54, 1.807) is 12.2 Å². The molecule has 0 bridgehead atoms. The molecule has 0 fully saturated rings. The van der Waals surface area contributed by atoms with Gasteiger partial charge in [0.2, 0.25) is 0 Å². The number of carbonyl (C=O) groups is 1. The van der Waals surface area contributed by atoms with Gasteiger partial charge in [0.1, 0.15) is 18.5 Å². The molecule has 2 unspecified atom stereocenters. The molecule has 0 radical (unpaired) electrons. The normalized spacial score (nSPS) is 22.0.